The van der Waals surface area contributed by atoms with Gasteiger partial charge in [-0.25, -0.2) is 0 Å². The number of rotatable bonds is 3. The number of hydrogen-bond acceptors (Lipinski definition) is 2. The summed E-state index contributed by atoms with van der Waals surface area (Å²) in [5, 5.41) is 3.40. The molecule has 1 aliphatic heterocycles. The van der Waals surface area contributed by atoms with E-state index >= 15 is 0 Å². The molecule has 88 valence electrons. The summed E-state index contributed by atoms with van der Waals surface area (Å²) in [5.41, 5.74) is 2.63. The van der Waals surface area contributed by atoms with Crippen molar-refractivity contribution in [2.24, 2.45) is 0 Å². The van der Waals surface area contributed by atoms with Crippen LogP contribution >= 0.6 is 0 Å². The van der Waals surface area contributed by atoms with Crippen molar-refractivity contribution in [1.29, 1.82) is 0 Å². The fourth-order valence-electron chi connectivity index (χ4n) is 2.18. The number of benzene rings is 1. The molecule has 0 aromatic heterocycles. The molecule has 1 N–H and O–H groups in total. The van der Waals surface area contributed by atoms with Crippen molar-refractivity contribution in [3.63, 3.8) is 0 Å². The zero-order valence-electron chi connectivity index (χ0n) is 10.3. The molecule has 1 unspecified atom stereocenters. The molecule has 16 heavy (non-hydrogen) atoms. The smallest absolute Gasteiger partial charge is 0.0783 e. The summed E-state index contributed by atoms with van der Waals surface area (Å²) in [6.07, 6.45) is 2.37. The molecule has 1 aromatic carbocycles. The molecule has 0 amide bonds. The number of aryl methyl sites for hydroxylation is 1. The largest absolute Gasteiger partial charge is 0.369 e. The van der Waals surface area contributed by atoms with Crippen LogP contribution in [0.2, 0.25) is 0 Å². The Balaban J connectivity index is 1.94. The maximum Gasteiger partial charge on any atom is 0.0783 e. The molecule has 1 heterocycles. The summed E-state index contributed by atoms with van der Waals surface area (Å²) in [4.78, 5) is 0. The molecule has 0 spiro atoms. The first-order chi connectivity index (χ1) is 7.70. The first-order valence-electron chi connectivity index (χ1n) is 6.09. The third-order valence-electron chi connectivity index (χ3n) is 3.40. The SMILES string of the molecule is Cc1ccccc1COC1(C)CCCNC1. The number of hydrogen-bond donors (Lipinski definition) is 1. The predicted octanol–water partition coefficient (Wildman–Crippen LogP) is 2.65. The Morgan fingerprint density at radius 1 is 1.38 bits per heavy atom. The van der Waals surface area contributed by atoms with Gasteiger partial charge in [0.2, 0.25) is 0 Å². The summed E-state index contributed by atoms with van der Waals surface area (Å²) in [7, 11) is 0. The van der Waals surface area contributed by atoms with Crippen molar-refractivity contribution < 1.29 is 4.74 Å². The molecule has 1 saturated heterocycles. The van der Waals surface area contributed by atoms with E-state index in [2.05, 4.69) is 43.4 Å². The second-order valence-corrected chi connectivity index (χ2v) is 4.95. The normalized spacial score (nSPS) is 25.6. The van der Waals surface area contributed by atoms with E-state index in [0.29, 0.717) is 0 Å². The van der Waals surface area contributed by atoms with E-state index in [1.807, 2.05) is 0 Å². The minimum atomic E-state index is 0.0144. The standard InChI is InChI=1S/C14H21NO/c1-12-6-3-4-7-13(12)10-16-14(2)8-5-9-15-11-14/h3-4,6-7,15H,5,8-11H2,1-2H3. The number of ether oxygens (including phenoxy) is 1. The van der Waals surface area contributed by atoms with Crippen LogP contribution < -0.4 is 5.32 Å². The van der Waals surface area contributed by atoms with Gasteiger partial charge in [-0.2, -0.15) is 0 Å². The van der Waals surface area contributed by atoms with E-state index in [9.17, 15) is 0 Å². The molecule has 1 atom stereocenters. The second kappa shape index (κ2) is 4.98. The Morgan fingerprint density at radius 3 is 2.88 bits per heavy atom. The van der Waals surface area contributed by atoms with Crippen molar-refractivity contribution in [1.82, 2.24) is 5.32 Å². The average Bonchev–Trinajstić information content (AvgIpc) is 2.29. The van der Waals surface area contributed by atoms with Gasteiger partial charge in [0.25, 0.3) is 0 Å². The first kappa shape index (κ1) is 11.6. The van der Waals surface area contributed by atoms with Crippen LogP contribution in [-0.4, -0.2) is 18.7 Å². The topological polar surface area (TPSA) is 21.3 Å². The molecule has 2 rings (SSSR count). The summed E-state index contributed by atoms with van der Waals surface area (Å²) in [6.45, 7) is 7.17. The third kappa shape index (κ3) is 2.83. The van der Waals surface area contributed by atoms with Crippen LogP contribution in [0.5, 0.6) is 0 Å². The van der Waals surface area contributed by atoms with Gasteiger partial charge >= 0.3 is 0 Å². The van der Waals surface area contributed by atoms with Crippen molar-refractivity contribution in [3.05, 3.63) is 35.4 Å². The third-order valence-corrected chi connectivity index (χ3v) is 3.40. The van der Waals surface area contributed by atoms with Crippen LogP contribution in [0.3, 0.4) is 0 Å². The van der Waals surface area contributed by atoms with Gasteiger partial charge in [0.05, 0.1) is 12.2 Å². The molecule has 2 heteroatoms. The van der Waals surface area contributed by atoms with Gasteiger partial charge in [-0.3, -0.25) is 0 Å². The minimum Gasteiger partial charge on any atom is -0.369 e. The van der Waals surface area contributed by atoms with Gasteiger partial charge in [-0.05, 0) is 44.4 Å². The maximum atomic E-state index is 6.07. The Bertz CT molecular complexity index is 342. The zero-order chi connectivity index (χ0) is 11.4. The number of piperidine rings is 1. The Labute approximate surface area is 98.0 Å². The van der Waals surface area contributed by atoms with Crippen LogP contribution in [0.15, 0.2) is 24.3 Å². The highest BCUT2D eigenvalue weighted by Crippen LogP contribution is 2.22. The molecule has 0 radical (unpaired) electrons. The van der Waals surface area contributed by atoms with Crippen LogP contribution in [-0.2, 0) is 11.3 Å². The van der Waals surface area contributed by atoms with E-state index in [-0.39, 0.29) is 5.60 Å². The summed E-state index contributed by atoms with van der Waals surface area (Å²) < 4.78 is 6.07. The van der Waals surface area contributed by atoms with Gasteiger partial charge in [-0.15, -0.1) is 0 Å². The van der Waals surface area contributed by atoms with Gasteiger partial charge in [0, 0.05) is 6.54 Å². The molecular formula is C14H21NO. The maximum absolute atomic E-state index is 6.07. The van der Waals surface area contributed by atoms with Crippen molar-refractivity contribution in [2.75, 3.05) is 13.1 Å². The van der Waals surface area contributed by atoms with E-state index in [0.717, 1.165) is 26.1 Å². The Kier molecular flexibility index (Phi) is 3.62. The van der Waals surface area contributed by atoms with Gasteiger partial charge < -0.3 is 10.1 Å². The molecule has 1 aromatic rings. The zero-order valence-corrected chi connectivity index (χ0v) is 10.3. The van der Waals surface area contributed by atoms with Crippen molar-refractivity contribution in [3.8, 4) is 0 Å². The quantitative estimate of drug-likeness (QED) is 0.844. The van der Waals surface area contributed by atoms with Crippen LogP contribution in [0.25, 0.3) is 0 Å². The first-order valence-corrected chi connectivity index (χ1v) is 6.09. The lowest BCUT2D eigenvalue weighted by Crippen LogP contribution is -2.45. The molecular weight excluding hydrogens is 198 g/mol. The average molecular weight is 219 g/mol. The van der Waals surface area contributed by atoms with E-state index in [1.165, 1.54) is 17.5 Å². The lowest BCUT2D eigenvalue weighted by Gasteiger charge is -2.34. The summed E-state index contributed by atoms with van der Waals surface area (Å²) in [6, 6.07) is 8.44. The van der Waals surface area contributed by atoms with E-state index < -0.39 is 0 Å². The minimum absolute atomic E-state index is 0.0144. The van der Waals surface area contributed by atoms with E-state index in [1.54, 1.807) is 0 Å². The van der Waals surface area contributed by atoms with Gasteiger partial charge in [-0.1, -0.05) is 24.3 Å². The molecule has 0 aliphatic carbocycles. The van der Waals surface area contributed by atoms with Crippen molar-refractivity contribution >= 4 is 0 Å². The van der Waals surface area contributed by atoms with Crippen molar-refractivity contribution in [2.45, 2.75) is 38.9 Å². The summed E-state index contributed by atoms with van der Waals surface area (Å²) in [5.74, 6) is 0. The Morgan fingerprint density at radius 2 is 2.19 bits per heavy atom. The highest BCUT2D eigenvalue weighted by molar-refractivity contribution is 5.24. The highest BCUT2D eigenvalue weighted by Gasteiger charge is 2.27. The van der Waals surface area contributed by atoms with Crippen LogP contribution in [0.4, 0.5) is 0 Å². The lowest BCUT2D eigenvalue weighted by molar-refractivity contribution is -0.0572. The lowest BCUT2D eigenvalue weighted by atomic mass is 9.96. The molecule has 1 aliphatic rings. The number of nitrogens with one attached hydrogen (secondary N) is 1. The Hall–Kier alpha value is -0.860. The fraction of sp³-hybridized carbons (Fsp3) is 0.571. The van der Waals surface area contributed by atoms with E-state index in [4.69, 9.17) is 4.74 Å². The second-order valence-electron chi connectivity index (χ2n) is 4.95. The summed E-state index contributed by atoms with van der Waals surface area (Å²) >= 11 is 0. The monoisotopic (exact) mass is 219 g/mol. The highest BCUT2D eigenvalue weighted by atomic mass is 16.5. The predicted molar refractivity (Wildman–Crippen MR) is 66.5 cm³/mol. The van der Waals surface area contributed by atoms with Gasteiger partial charge in [0.1, 0.15) is 0 Å². The molecule has 0 bridgehead atoms. The van der Waals surface area contributed by atoms with Crippen LogP contribution in [0, 0.1) is 6.92 Å². The molecule has 1 fully saturated rings. The molecule has 0 saturated carbocycles. The van der Waals surface area contributed by atoms with Crippen LogP contribution in [0.1, 0.15) is 30.9 Å². The molecule has 2 nitrogen and oxygen atoms in total. The van der Waals surface area contributed by atoms with Gasteiger partial charge in [0.15, 0.2) is 0 Å². The fourth-order valence-corrected chi connectivity index (χ4v) is 2.18.